The second-order valence-electron chi connectivity index (χ2n) is 6.13. The molecular weight excluding hydrogens is 292 g/mol. The number of nitrogens with zero attached hydrogens (tertiary/aromatic N) is 2. The van der Waals surface area contributed by atoms with Gasteiger partial charge in [-0.3, -0.25) is 4.99 Å². The minimum Gasteiger partial charge on any atom is -0.341 e. The molecule has 0 aromatic heterocycles. The van der Waals surface area contributed by atoms with E-state index >= 15 is 0 Å². The van der Waals surface area contributed by atoms with Crippen LogP contribution < -0.4 is 4.90 Å². The Labute approximate surface area is 143 Å². The lowest BCUT2D eigenvalue weighted by Gasteiger charge is -2.29. The Morgan fingerprint density at radius 2 is 1.92 bits per heavy atom. The Bertz CT molecular complexity index is 913. The molecule has 0 spiro atoms. The van der Waals surface area contributed by atoms with Gasteiger partial charge in [0.2, 0.25) is 0 Å². The van der Waals surface area contributed by atoms with Crippen LogP contribution in [0.25, 0.3) is 11.6 Å². The zero-order chi connectivity index (χ0) is 16.5. The van der Waals surface area contributed by atoms with Gasteiger partial charge >= 0.3 is 0 Å². The third-order valence-electron chi connectivity index (χ3n) is 4.53. The van der Waals surface area contributed by atoms with E-state index in [-0.39, 0.29) is 0 Å². The maximum Gasteiger partial charge on any atom is 0.0708 e. The number of benzene rings is 2. The second kappa shape index (κ2) is 5.97. The van der Waals surface area contributed by atoms with E-state index in [0.717, 1.165) is 17.8 Å². The predicted octanol–water partition coefficient (Wildman–Crippen LogP) is 5.53. The van der Waals surface area contributed by atoms with Crippen LogP contribution in [0.2, 0.25) is 0 Å². The van der Waals surface area contributed by atoms with Crippen molar-refractivity contribution in [1.29, 1.82) is 0 Å². The van der Waals surface area contributed by atoms with Crippen LogP contribution in [0.15, 0.2) is 71.4 Å². The molecule has 0 radical (unpaired) electrons. The number of allylic oxidation sites excluding steroid dienone is 4. The highest BCUT2D eigenvalue weighted by Crippen LogP contribution is 2.33. The first-order valence-corrected chi connectivity index (χ1v) is 8.38. The van der Waals surface area contributed by atoms with Gasteiger partial charge in [-0.05, 0) is 49.8 Å². The largest absolute Gasteiger partial charge is 0.341 e. The summed E-state index contributed by atoms with van der Waals surface area (Å²) in [6.45, 7) is 5.27. The van der Waals surface area contributed by atoms with Gasteiger partial charge in [0, 0.05) is 35.3 Å². The maximum atomic E-state index is 4.48. The summed E-state index contributed by atoms with van der Waals surface area (Å²) in [6, 6.07) is 14.9. The van der Waals surface area contributed by atoms with Gasteiger partial charge in [0.15, 0.2) is 0 Å². The van der Waals surface area contributed by atoms with Crippen molar-refractivity contribution < 1.29 is 0 Å². The quantitative estimate of drug-likeness (QED) is 0.711. The number of aliphatic imine (C=N–C) groups is 1. The summed E-state index contributed by atoms with van der Waals surface area (Å²) >= 11 is 0. The molecule has 2 aliphatic heterocycles. The molecule has 2 heteroatoms. The first-order chi connectivity index (χ1) is 11.8. The van der Waals surface area contributed by atoms with Crippen LogP contribution in [0.4, 0.5) is 11.4 Å². The molecule has 2 aromatic carbocycles. The Morgan fingerprint density at radius 3 is 2.79 bits per heavy atom. The summed E-state index contributed by atoms with van der Waals surface area (Å²) in [6.07, 6.45) is 10.7. The topological polar surface area (TPSA) is 15.6 Å². The van der Waals surface area contributed by atoms with Gasteiger partial charge in [-0.25, -0.2) is 0 Å². The molecule has 0 amide bonds. The summed E-state index contributed by atoms with van der Waals surface area (Å²) in [5.74, 6) is 0. The van der Waals surface area contributed by atoms with E-state index in [0.29, 0.717) is 0 Å². The van der Waals surface area contributed by atoms with Crippen molar-refractivity contribution in [2.45, 2.75) is 13.8 Å². The first kappa shape index (κ1) is 14.7. The smallest absolute Gasteiger partial charge is 0.0708 e. The molecule has 0 unspecified atom stereocenters. The van der Waals surface area contributed by atoms with Crippen LogP contribution in [-0.4, -0.2) is 12.8 Å². The highest BCUT2D eigenvalue weighted by molar-refractivity contribution is 6.16. The number of hydrogen-bond acceptors (Lipinski definition) is 2. The number of aryl methyl sites for hydroxylation is 1. The van der Waals surface area contributed by atoms with Crippen LogP contribution in [0.1, 0.15) is 23.6 Å². The van der Waals surface area contributed by atoms with E-state index in [2.05, 4.69) is 84.4 Å². The summed E-state index contributed by atoms with van der Waals surface area (Å²) in [5.41, 5.74) is 8.48. The van der Waals surface area contributed by atoms with Crippen molar-refractivity contribution in [1.82, 2.24) is 0 Å². The third kappa shape index (κ3) is 2.50. The lowest BCUT2D eigenvalue weighted by atomic mass is 10.0. The molecule has 2 nitrogen and oxygen atoms in total. The Hall–Kier alpha value is -2.87. The third-order valence-corrected chi connectivity index (χ3v) is 4.53. The monoisotopic (exact) mass is 312 g/mol. The van der Waals surface area contributed by atoms with Gasteiger partial charge in [-0.2, -0.15) is 0 Å². The minimum absolute atomic E-state index is 0.945. The number of para-hydroxylation sites is 1. The number of likely N-dealkylation sites (N-methyl/N-ethyl adjacent to an activating group) is 1. The molecule has 2 aliphatic rings. The highest BCUT2D eigenvalue weighted by Gasteiger charge is 2.16. The minimum atomic E-state index is 0.945. The van der Waals surface area contributed by atoms with Crippen LogP contribution in [0.5, 0.6) is 0 Å². The molecule has 0 fully saturated rings. The fourth-order valence-electron chi connectivity index (χ4n) is 3.30. The van der Waals surface area contributed by atoms with Crippen LogP contribution in [-0.2, 0) is 0 Å². The summed E-state index contributed by atoms with van der Waals surface area (Å²) in [7, 11) is 0. The van der Waals surface area contributed by atoms with Gasteiger partial charge in [0.05, 0.1) is 5.69 Å². The number of fused-ring (bicyclic) bond motifs is 2. The summed E-state index contributed by atoms with van der Waals surface area (Å²) in [4.78, 5) is 6.83. The number of hydrogen-bond donors (Lipinski definition) is 0. The molecule has 24 heavy (non-hydrogen) atoms. The zero-order valence-electron chi connectivity index (χ0n) is 14.0. The summed E-state index contributed by atoms with van der Waals surface area (Å²) in [5, 5.41) is 0. The molecule has 2 heterocycles. The van der Waals surface area contributed by atoms with Crippen molar-refractivity contribution in [2.75, 3.05) is 11.4 Å². The lowest BCUT2D eigenvalue weighted by molar-refractivity contribution is 0.971. The molecule has 0 saturated heterocycles. The average molecular weight is 312 g/mol. The van der Waals surface area contributed by atoms with Crippen LogP contribution in [0.3, 0.4) is 0 Å². The molecule has 2 aromatic rings. The molecule has 0 bridgehead atoms. The Morgan fingerprint density at radius 1 is 1.04 bits per heavy atom. The molecule has 0 aliphatic carbocycles. The van der Waals surface area contributed by atoms with Crippen molar-refractivity contribution in [3.63, 3.8) is 0 Å². The van der Waals surface area contributed by atoms with Crippen molar-refractivity contribution >= 4 is 29.2 Å². The molecular formula is C22H20N2. The van der Waals surface area contributed by atoms with E-state index in [1.165, 1.54) is 28.1 Å². The number of anilines is 1. The van der Waals surface area contributed by atoms with Crippen LogP contribution >= 0.6 is 0 Å². The SMILES string of the molecule is CCN1/C(=C/C=C2/C=Nc3ccccc32)C=Cc2cc(C)ccc21. The van der Waals surface area contributed by atoms with Gasteiger partial charge in [0.25, 0.3) is 0 Å². The van der Waals surface area contributed by atoms with Gasteiger partial charge in [0.1, 0.15) is 0 Å². The maximum absolute atomic E-state index is 4.48. The second-order valence-corrected chi connectivity index (χ2v) is 6.13. The molecule has 0 saturated carbocycles. The lowest BCUT2D eigenvalue weighted by Crippen LogP contribution is -2.23. The Balaban J connectivity index is 1.71. The first-order valence-electron chi connectivity index (χ1n) is 8.38. The fourth-order valence-corrected chi connectivity index (χ4v) is 3.30. The fraction of sp³-hybridized carbons (Fsp3) is 0.136. The van der Waals surface area contributed by atoms with Crippen molar-refractivity contribution in [2.24, 2.45) is 4.99 Å². The van der Waals surface area contributed by atoms with E-state index in [4.69, 9.17) is 0 Å². The molecule has 118 valence electrons. The molecule has 0 N–H and O–H groups in total. The van der Waals surface area contributed by atoms with E-state index in [9.17, 15) is 0 Å². The molecule has 0 atom stereocenters. The predicted molar refractivity (Wildman–Crippen MR) is 104 cm³/mol. The summed E-state index contributed by atoms with van der Waals surface area (Å²) < 4.78 is 0. The molecule has 4 rings (SSSR count). The Kier molecular flexibility index (Phi) is 3.66. The van der Waals surface area contributed by atoms with Gasteiger partial charge in [-0.1, -0.05) is 42.0 Å². The zero-order valence-corrected chi connectivity index (χ0v) is 14.0. The van der Waals surface area contributed by atoms with E-state index < -0.39 is 0 Å². The van der Waals surface area contributed by atoms with Crippen LogP contribution in [0, 0.1) is 6.92 Å². The van der Waals surface area contributed by atoms with Gasteiger partial charge in [-0.15, -0.1) is 0 Å². The normalized spacial score (nSPS) is 18.3. The highest BCUT2D eigenvalue weighted by atomic mass is 15.1. The van der Waals surface area contributed by atoms with Crippen molar-refractivity contribution in [3.8, 4) is 0 Å². The van der Waals surface area contributed by atoms with Gasteiger partial charge < -0.3 is 4.90 Å². The average Bonchev–Trinajstić information content (AvgIpc) is 3.02. The van der Waals surface area contributed by atoms with E-state index in [1.807, 2.05) is 12.3 Å². The number of rotatable bonds is 2. The standard InChI is InChI=1S/C22H20N2/c1-3-24-19(11-9-17-14-16(2)8-13-22(17)24)12-10-18-15-23-21-7-5-4-6-20(18)21/h4-15H,3H2,1-2H3/b18-10-,19-12+. The van der Waals surface area contributed by atoms with E-state index in [1.54, 1.807) is 0 Å². The van der Waals surface area contributed by atoms with Crippen molar-refractivity contribution in [3.05, 3.63) is 83.1 Å².